The van der Waals surface area contributed by atoms with Crippen LogP contribution < -0.4 is 10.6 Å². The molecule has 3 aromatic rings. The first-order valence-corrected chi connectivity index (χ1v) is 8.85. The van der Waals surface area contributed by atoms with Gasteiger partial charge in [0.2, 0.25) is 11.0 Å². The van der Waals surface area contributed by atoms with Crippen LogP contribution in [0.25, 0.3) is 0 Å². The van der Waals surface area contributed by atoms with E-state index in [2.05, 4.69) is 20.3 Å². The zero-order chi connectivity index (χ0) is 18.7. The Kier molecular flexibility index (Phi) is 5.12. The quantitative estimate of drug-likeness (QED) is 0.516. The molecule has 0 atom stereocenters. The third kappa shape index (κ3) is 4.31. The van der Waals surface area contributed by atoms with E-state index in [4.69, 9.17) is 15.1 Å². The minimum atomic E-state index is -0.325. The molecule has 0 fully saturated rings. The molecule has 26 heavy (non-hydrogen) atoms. The molecule has 0 bridgehead atoms. The van der Waals surface area contributed by atoms with Crippen molar-refractivity contribution >= 4 is 11.8 Å². The third-order valence-corrected chi connectivity index (χ3v) is 4.31. The molecular formula is C16H19FN6O2S. The molecule has 0 saturated carbocycles. The second kappa shape index (κ2) is 7.32. The zero-order valence-corrected chi connectivity index (χ0v) is 15.5. The van der Waals surface area contributed by atoms with Gasteiger partial charge in [0.1, 0.15) is 18.2 Å². The van der Waals surface area contributed by atoms with Crippen molar-refractivity contribution in [3.8, 4) is 5.75 Å². The maximum atomic E-state index is 12.9. The highest BCUT2D eigenvalue weighted by Gasteiger charge is 2.21. The van der Waals surface area contributed by atoms with Crippen LogP contribution in [0.1, 0.15) is 38.3 Å². The number of nitrogens with zero attached hydrogens (tertiary/aromatic N) is 5. The number of rotatable bonds is 6. The summed E-state index contributed by atoms with van der Waals surface area (Å²) in [5.74, 6) is 8.20. The average molecular weight is 378 g/mol. The van der Waals surface area contributed by atoms with Crippen LogP contribution in [-0.2, 0) is 17.8 Å². The van der Waals surface area contributed by atoms with Gasteiger partial charge in [-0.1, -0.05) is 37.7 Å². The second-order valence-corrected chi connectivity index (χ2v) is 7.50. The summed E-state index contributed by atoms with van der Waals surface area (Å²) in [6.45, 7) is 6.15. The molecule has 8 nitrogen and oxygen atoms in total. The molecule has 1 aromatic carbocycles. The van der Waals surface area contributed by atoms with E-state index in [1.165, 1.54) is 40.7 Å². The number of nitrogen functional groups attached to an aromatic ring is 1. The number of thioether (sulfide) groups is 1. The van der Waals surface area contributed by atoms with Gasteiger partial charge >= 0.3 is 0 Å². The Hall–Kier alpha value is -2.62. The fraction of sp³-hybridized carbons (Fsp3) is 0.375. The van der Waals surface area contributed by atoms with Gasteiger partial charge < -0.3 is 15.1 Å². The fourth-order valence-electron chi connectivity index (χ4n) is 1.93. The first-order chi connectivity index (χ1) is 12.3. The number of benzene rings is 1. The smallest absolute Gasteiger partial charge is 0.237 e. The Morgan fingerprint density at radius 3 is 2.62 bits per heavy atom. The van der Waals surface area contributed by atoms with Crippen LogP contribution in [0.2, 0.25) is 0 Å². The molecule has 10 heteroatoms. The van der Waals surface area contributed by atoms with Crippen LogP contribution in [0.15, 0.2) is 33.9 Å². The molecule has 0 aliphatic heterocycles. The highest BCUT2D eigenvalue weighted by molar-refractivity contribution is 7.98. The Labute approximate surface area is 153 Å². The third-order valence-electron chi connectivity index (χ3n) is 3.38. The number of nitrogens with two attached hydrogens (primary N) is 1. The lowest BCUT2D eigenvalue weighted by atomic mass is 9.96. The Bertz CT molecular complexity index is 872. The lowest BCUT2D eigenvalue weighted by Gasteiger charge is -2.10. The molecule has 2 heterocycles. The van der Waals surface area contributed by atoms with Gasteiger partial charge in [-0.15, -0.1) is 10.2 Å². The van der Waals surface area contributed by atoms with Crippen molar-refractivity contribution in [1.82, 2.24) is 25.0 Å². The molecule has 2 N–H and O–H groups in total. The van der Waals surface area contributed by atoms with Gasteiger partial charge in [-0.3, -0.25) is 0 Å². The summed E-state index contributed by atoms with van der Waals surface area (Å²) in [5, 5.41) is 12.5. The number of ether oxygens (including phenoxy) is 1. The molecule has 0 unspecified atom stereocenters. The molecule has 0 amide bonds. The van der Waals surface area contributed by atoms with E-state index in [1.54, 1.807) is 0 Å². The van der Waals surface area contributed by atoms with Crippen molar-refractivity contribution in [3.05, 3.63) is 47.6 Å². The molecule has 3 rings (SSSR count). The van der Waals surface area contributed by atoms with Gasteiger partial charge in [0, 0.05) is 5.41 Å². The van der Waals surface area contributed by atoms with Gasteiger partial charge in [0.15, 0.2) is 11.6 Å². The summed E-state index contributed by atoms with van der Waals surface area (Å²) >= 11 is 1.33. The van der Waals surface area contributed by atoms with Crippen molar-refractivity contribution in [2.45, 2.75) is 43.7 Å². The van der Waals surface area contributed by atoms with Crippen molar-refractivity contribution in [2.75, 3.05) is 5.84 Å². The summed E-state index contributed by atoms with van der Waals surface area (Å²) < 4.78 is 25.0. The molecule has 0 spiro atoms. The molecule has 0 aliphatic rings. The van der Waals surface area contributed by atoms with Crippen molar-refractivity contribution in [3.63, 3.8) is 0 Å². The molecule has 0 radical (unpaired) electrons. The van der Waals surface area contributed by atoms with E-state index in [1.807, 2.05) is 20.8 Å². The molecule has 0 saturated heterocycles. The van der Waals surface area contributed by atoms with Gasteiger partial charge in [0.25, 0.3) is 0 Å². The maximum Gasteiger partial charge on any atom is 0.237 e. The van der Waals surface area contributed by atoms with Crippen molar-refractivity contribution in [1.29, 1.82) is 0 Å². The molecular weight excluding hydrogens is 359 g/mol. The largest absolute Gasteiger partial charge is 0.486 e. The van der Waals surface area contributed by atoms with Gasteiger partial charge in [-0.05, 0) is 24.3 Å². The highest BCUT2D eigenvalue weighted by Crippen LogP contribution is 2.23. The van der Waals surface area contributed by atoms with Crippen LogP contribution in [0.3, 0.4) is 0 Å². The predicted molar refractivity (Wildman–Crippen MR) is 93.5 cm³/mol. The zero-order valence-electron chi connectivity index (χ0n) is 14.6. The van der Waals surface area contributed by atoms with E-state index in [-0.39, 0.29) is 17.8 Å². The second-order valence-electron chi connectivity index (χ2n) is 6.56. The van der Waals surface area contributed by atoms with E-state index < -0.39 is 0 Å². The first-order valence-electron chi connectivity index (χ1n) is 7.86. The lowest BCUT2D eigenvalue weighted by Crippen LogP contribution is -2.15. The van der Waals surface area contributed by atoms with E-state index in [0.29, 0.717) is 34.2 Å². The summed E-state index contributed by atoms with van der Waals surface area (Å²) in [4.78, 5) is 4.36. The van der Waals surface area contributed by atoms with Crippen LogP contribution in [0, 0.1) is 5.82 Å². The van der Waals surface area contributed by atoms with Crippen molar-refractivity contribution < 1.29 is 13.7 Å². The number of hydrogen-bond donors (Lipinski definition) is 1. The lowest BCUT2D eigenvalue weighted by molar-refractivity contribution is 0.291. The molecule has 138 valence electrons. The van der Waals surface area contributed by atoms with Crippen LogP contribution in [0.5, 0.6) is 5.75 Å². The topological polar surface area (TPSA) is 105 Å². The Morgan fingerprint density at radius 2 is 1.96 bits per heavy atom. The predicted octanol–water partition coefficient (Wildman–Crippen LogP) is 2.68. The monoisotopic (exact) mass is 378 g/mol. The minimum absolute atomic E-state index is 0.115. The Balaban J connectivity index is 1.58. The standard InChI is InChI=1S/C16H19FN6O2S/c1-16(2,3)14-19-13(25-22-14)9-26-15-21-20-12(23(15)18)8-24-11-6-4-10(17)5-7-11/h4-7H,8-9,18H2,1-3H3. The Morgan fingerprint density at radius 1 is 1.23 bits per heavy atom. The summed E-state index contributed by atoms with van der Waals surface area (Å²) in [7, 11) is 0. The van der Waals surface area contributed by atoms with E-state index in [0.717, 1.165) is 0 Å². The van der Waals surface area contributed by atoms with E-state index >= 15 is 0 Å². The number of halogens is 1. The van der Waals surface area contributed by atoms with Crippen LogP contribution in [0.4, 0.5) is 4.39 Å². The van der Waals surface area contributed by atoms with E-state index in [9.17, 15) is 4.39 Å². The average Bonchev–Trinajstić information content (AvgIpc) is 3.20. The fourth-order valence-corrected chi connectivity index (χ4v) is 2.64. The minimum Gasteiger partial charge on any atom is -0.486 e. The first kappa shape index (κ1) is 18.2. The number of hydrogen-bond acceptors (Lipinski definition) is 8. The summed E-state index contributed by atoms with van der Waals surface area (Å²) in [5.41, 5.74) is -0.175. The van der Waals surface area contributed by atoms with Crippen molar-refractivity contribution in [2.24, 2.45) is 0 Å². The van der Waals surface area contributed by atoms with Crippen LogP contribution >= 0.6 is 11.8 Å². The van der Waals surface area contributed by atoms with Gasteiger partial charge in [-0.25, -0.2) is 9.07 Å². The summed E-state index contributed by atoms with van der Waals surface area (Å²) in [6, 6.07) is 5.70. The highest BCUT2D eigenvalue weighted by atomic mass is 32.2. The normalized spacial score (nSPS) is 11.7. The molecule has 0 aliphatic carbocycles. The summed E-state index contributed by atoms with van der Waals surface area (Å²) in [6.07, 6.45) is 0. The van der Waals surface area contributed by atoms with Crippen LogP contribution in [-0.4, -0.2) is 25.0 Å². The van der Waals surface area contributed by atoms with Gasteiger partial charge in [0.05, 0.1) is 5.75 Å². The number of aromatic nitrogens is 5. The maximum absolute atomic E-state index is 12.9. The van der Waals surface area contributed by atoms with Gasteiger partial charge in [-0.2, -0.15) is 4.98 Å². The SMILES string of the molecule is CC(C)(C)c1noc(CSc2nnc(COc3ccc(F)cc3)n2N)n1. The molecule has 2 aromatic heterocycles.